The van der Waals surface area contributed by atoms with Crippen molar-refractivity contribution in [3.8, 4) is 11.1 Å². The monoisotopic (exact) mass is 184 g/mol. The molecule has 2 rings (SSSR count). The van der Waals surface area contributed by atoms with Crippen molar-refractivity contribution < 1.29 is 0 Å². The average molecular weight is 184 g/mol. The predicted molar refractivity (Wildman–Crippen MR) is 58.8 cm³/mol. The fourth-order valence-corrected chi connectivity index (χ4v) is 1.40. The Morgan fingerprint density at radius 1 is 1.07 bits per heavy atom. The molecule has 0 radical (unpaired) electrons. The van der Waals surface area contributed by atoms with Gasteiger partial charge in [0.2, 0.25) is 0 Å². The third kappa shape index (κ3) is 1.59. The molecule has 1 aromatic heterocycles. The number of anilines is 1. The minimum absolute atomic E-state index is 0.719. The number of benzene rings is 1. The lowest BCUT2D eigenvalue weighted by atomic mass is 10.0. The topological polar surface area (TPSA) is 38.9 Å². The van der Waals surface area contributed by atoms with E-state index in [-0.39, 0.29) is 0 Å². The largest absolute Gasteiger partial charge is 0.397 e. The maximum atomic E-state index is 5.83. The van der Waals surface area contributed by atoms with Gasteiger partial charge >= 0.3 is 0 Å². The predicted octanol–water partition coefficient (Wildman–Crippen LogP) is 2.64. The minimum atomic E-state index is 0.719. The minimum Gasteiger partial charge on any atom is -0.397 e. The van der Waals surface area contributed by atoms with Crippen LogP contribution in [-0.4, -0.2) is 4.98 Å². The lowest BCUT2D eigenvalue weighted by Crippen LogP contribution is -1.90. The van der Waals surface area contributed by atoms with Crippen molar-refractivity contribution in [2.24, 2.45) is 0 Å². The first kappa shape index (κ1) is 8.75. The molecule has 2 nitrogen and oxygen atoms in total. The van der Waals surface area contributed by atoms with Gasteiger partial charge in [0.05, 0.1) is 11.9 Å². The Hall–Kier alpha value is -1.83. The molecular formula is C12H12N2. The molecule has 0 spiro atoms. The molecule has 0 atom stereocenters. The van der Waals surface area contributed by atoms with Gasteiger partial charge in [0.1, 0.15) is 0 Å². The second kappa shape index (κ2) is 3.50. The van der Waals surface area contributed by atoms with E-state index in [0.29, 0.717) is 0 Å². The van der Waals surface area contributed by atoms with Crippen LogP contribution in [0.1, 0.15) is 5.56 Å². The van der Waals surface area contributed by atoms with Crippen LogP contribution < -0.4 is 5.73 Å². The number of nitrogens with two attached hydrogens (primary N) is 1. The maximum absolute atomic E-state index is 5.83. The number of nitrogen functional groups attached to an aromatic ring is 1. The summed E-state index contributed by atoms with van der Waals surface area (Å²) in [5, 5.41) is 0. The van der Waals surface area contributed by atoms with Crippen LogP contribution in [0.25, 0.3) is 11.1 Å². The lowest BCUT2D eigenvalue weighted by Gasteiger charge is -2.04. The summed E-state index contributed by atoms with van der Waals surface area (Å²) in [5.74, 6) is 0. The Morgan fingerprint density at radius 2 is 1.79 bits per heavy atom. The second-order valence-electron chi connectivity index (χ2n) is 3.33. The first-order valence-electron chi connectivity index (χ1n) is 4.54. The third-order valence-corrected chi connectivity index (χ3v) is 2.21. The van der Waals surface area contributed by atoms with E-state index >= 15 is 0 Å². The summed E-state index contributed by atoms with van der Waals surface area (Å²) >= 11 is 0. The average Bonchev–Trinajstić information content (AvgIpc) is 2.20. The maximum Gasteiger partial charge on any atom is 0.0580 e. The summed E-state index contributed by atoms with van der Waals surface area (Å²) < 4.78 is 0. The van der Waals surface area contributed by atoms with Crippen LogP contribution in [0.5, 0.6) is 0 Å². The highest BCUT2D eigenvalue weighted by molar-refractivity contribution is 5.75. The van der Waals surface area contributed by atoms with Gasteiger partial charge in [0.25, 0.3) is 0 Å². The molecule has 1 aromatic carbocycles. The van der Waals surface area contributed by atoms with Crippen LogP contribution in [0, 0.1) is 6.92 Å². The van der Waals surface area contributed by atoms with Gasteiger partial charge in [0, 0.05) is 11.8 Å². The van der Waals surface area contributed by atoms with Gasteiger partial charge in [-0.25, -0.2) is 0 Å². The second-order valence-corrected chi connectivity index (χ2v) is 3.33. The molecule has 14 heavy (non-hydrogen) atoms. The van der Waals surface area contributed by atoms with Crippen LogP contribution in [0.2, 0.25) is 0 Å². The molecule has 0 aliphatic carbocycles. The highest BCUT2D eigenvalue weighted by Crippen LogP contribution is 2.24. The first-order valence-corrected chi connectivity index (χ1v) is 4.54. The Labute approximate surface area is 83.4 Å². The van der Waals surface area contributed by atoms with E-state index in [1.807, 2.05) is 6.07 Å². The molecule has 0 fully saturated rings. The normalized spacial score (nSPS) is 10.1. The van der Waals surface area contributed by atoms with Crippen molar-refractivity contribution in [1.82, 2.24) is 4.98 Å². The van der Waals surface area contributed by atoms with E-state index in [9.17, 15) is 0 Å². The fraction of sp³-hybridized carbons (Fsp3) is 0.0833. The fourth-order valence-electron chi connectivity index (χ4n) is 1.40. The Balaban J connectivity index is 2.50. The SMILES string of the molecule is Cc1ccc(-c2ccncc2N)cc1. The summed E-state index contributed by atoms with van der Waals surface area (Å²) in [6.45, 7) is 2.07. The van der Waals surface area contributed by atoms with Crippen LogP contribution in [0.4, 0.5) is 5.69 Å². The molecule has 0 saturated carbocycles. The van der Waals surface area contributed by atoms with Crippen molar-refractivity contribution in [3.05, 3.63) is 48.3 Å². The van der Waals surface area contributed by atoms with E-state index in [1.54, 1.807) is 12.4 Å². The van der Waals surface area contributed by atoms with Gasteiger partial charge in [0.15, 0.2) is 0 Å². The molecule has 2 N–H and O–H groups in total. The number of rotatable bonds is 1. The zero-order valence-electron chi connectivity index (χ0n) is 8.07. The van der Waals surface area contributed by atoms with Crippen molar-refractivity contribution in [1.29, 1.82) is 0 Å². The number of hydrogen-bond acceptors (Lipinski definition) is 2. The van der Waals surface area contributed by atoms with Crippen LogP contribution in [0.15, 0.2) is 42.7 Å². The zero-order valence-corrected chi connectivity index (χ0v) is 8.07. The first-order chi connectivity index (χ1) is 6.77. The quantitative estimate of drug-likeness (QED) is 0.740. The molecular weight excluding hydrogens is 172 g/mol. The molecule has 0 bridgehead atoms. The van der Waals surface area contributed by atoms with E-state index < -0.39 is 0 Å². The number of pyridine rings is 1. The molecule has 70 valence electrons. The molecule has 0 amide bonds. The number of aromatic nitrogens is 1. The van der Waals surface area contributed by atoms with Crippen LogP contribution in [-0.2, 0) is 0 Å². The van der Waals surface area contributed by atoms with Gasteiger partial charge in [-0.15, -0.1) is 0 Å². The molecule has 0 aliphatic heterocycles. The summed E-state index contributed by atoms with van der Waals surface area (Å²) in [5.41, 5.74) is 9.97. The van der Waals surface area contributed by atoms with Gasteiger partial charge in [-0.3, -0.25) is 4.98 Å². The van der Waals surface area contributed by atoms with Gasteiger partial charge in [-0.2, -0.15) is 0 Å². The van der Waals surface area contributed by atoms with Crippen molar-refractivity contribution in [2.45, 2.75) is 6.92 Å². The number of hydrogen-bond donors (Lipinski definition) is 1. The molecule has 0 saturated heterocycles. The summed E-state index contributed by atoms with van der Waals surface area (Å²) in [7, 11) is 0. The number of aryl methyl sites for hydroxylation is 1. The third-order valence-electron chi connectivity index (χ3n) is 2.21. The van der Waals surface area contributed by atoms with E-state index in [4.69, 9.17) is 5.73 Å². The Morgan fingerprint density at radius 3 is 2.43 bits per heavy atom. The standard InChI is InChI=1S/C12H12N2/c1-9-2-4-10(5-3-9)11-6-7-14-8-12(11)13/h2-8H,13H2,1H3. The number of nitrogens with zero attached hydrogens (tertiary/aromatic N) is 1. The highest BCUT2D eigenvalue weighted by Gasteiger charge is 2.00. The molecule has 2 heteroatoms. The van der Waals surface area contributed by atoms with E-state index in [0.717, 1.165) is 16.8 Å². The lowest BCUT2D eigenvalue weighted by molar-refractivity contribution is 1.33. The zero-order chi connectivity index (χ0) is 9.97. The molecule has 0 unspecified atom stereocenters. The molecule has 2 aromatic rings. The van der Waals surface area contributed by atoms with Crippen LogP contribution >= 0.6 is 0 Å². The summed E-state index contributed by atoms with van der Waals surface area (Å²) in [4.78, 5) is 3.96. The van der Waals surface area contributed by atoms with Gasteiger partial charge < -0.3 is 5.73 Å². The van der Waals surface area contributed by atoms with Crippen molar-refractivity contribution in [3.63, 3.8) is 0 Å². The van der Waals surface area contributed by atoms with Crippen molar-refractivity contribution in [2.75, 3.05) is 5.73 Å². The summed E-state index contributed by atoms with van der Waals surface area (Å²) in [6.07, 6.45) is 3.43. The van der Waals surface area contributed by atoms with Gasteiger partial charge in [-0.1, -0.05) is 29.8 Å². The van der Waals surface area contributed by atoms with Gasteiger partial charge in [-0.05, 0) is 18.6 Å². The smallest absolute Gasteiger partial charge is 0.0580 e. The Bertz CT molecular complexity index is 432. The van der Waals surface area contributed by atoms with E-state index in [1.165, 1.54) is 5.56 Å². The highest BCUT2D eigenvalue weighted by atomic mass is 14.7. The van der Waals surface area contributed by atoms with E-state index in [2.05, 4.69) is 36.2 Å². The Kier molecular flexibility index (Phi) is 2.19. The van der Waals surface area contributed by atoms with Crippen molar-refractivity contribution >= 4 is 5.69 Å². The molecule has 1 heterocycles. The summed E-state index contributed by atoms with van der Waals surface area (Å²) in [6, 6.07) is 10.2. The van der Waals surface area contributed by atoms with Crippen LogP contribution in [0.3, 0.4) is 0 Å². The molecule has 0 aliphatic rings.